The molecule has 1 aromatic heterocycles. The van der Waals surface area contributed by atoms with Crippen molar-refractivity contribution < 1.29 is 32.6 Å². The Kier molecular flexibility index (Phi) is 8.82. The average Bonchev–Trinajstić information content (AvgIpc) is 3.74. The summed E-state index contributed by atoms with van der Waals surface area (Å²) in [6.45, 7) is 1.91. The number of alkyl halides is 1. The molecule has 1 amide bonds. The molecule has 2 heterocycles. The predicted octanol–water partition coefficient (Wildman–Crippen LogP) is 6.43. The van der Waals surface area contributed by atoms with Crippen molar-refractivity contribution in [2.24, 2.45) is 4.99 Å². The molecule has 6 rings (SSSR count). The summed E-state index contributed by atoms with van der Waals surface area (Å²) in [6, 6.07) is 16.9. The van der Waals surface area contributed by atoms with Crippen LogP contribution in [0.5, 0.6) is 17.2 Å². The number of aldehydes is 1. The number of halogens is 3. The molecule has 1 aliphatic heterocycles. The number of anilines is 1. The Balaban J connectivity index is 1.41. The summed E-state index contributed by atoms with van der Waals surface area (Å²) >= 11 is 6.64. The zero-order chi connectivity index (χ0) is 34.2. The standard InChI is InChI=1S/C36H33ClF2N4O5/c1-35(18-44)19-48-32-25(35)15-27(43-31(32)23-9-10-26(38)33(47-3)29(23)37)24(20-7-5-4-6-8-20)17-41-34(45)21-13-22(16-42-36(39)11-12-36)30(40)28(14-21)46-2/h4-10,13-16,18,24H,11-12,17,19,40H2,1-3H3,(H,41,45)/b42-16+/t24-,35-/m0/s1. The monoisotopic (exact) mass is 674 g/mol. The minimum Gasteiger partial charge on any atom is -0.495 e. The highest BCUT2D eigenvalue weighted by atomic mass is 35.5. The van der Waals surface area contributed by atoms with Crippen LogP contribution < -0.4 is 25.3 Å². The number of hydrogen-bond acceptors (Lipinski definition) is 8. The Labute approximate surface area is 281 Å². The van der Waals surface area contributed by atoms with Gasteiger partial charge in [0, 0.05) is 53.8 Å². The molecule has 0 unspecified atom stereocenters. The van der Waals surface area contributed by atoms with E-state index >= 15 is 0 Å². The molecule has 9 nitrogen and oxygen atoms in total. The van der Waals surface area contributed by atoms with Crippen molar-refractivity contribution in [2.75, 3.05) is 33.1 Å². The molecule has 3 aromatic carbocycles. The minimum absolute atomic E-state index is 0.00534. The highest BCUT2D eigenvalue weighted by Gasteiger charge is 2.42. The van der Waals surface area contributed by atoms with Crippen molar-refractivity contribution in [3.05, 3.63) is 99.5 Å². The molecule has 0 bridgehead atoms. The molecule has 1 fully saturated rings. The van der Waals surface area contributed by atoms with Gasteiger partial charge in [-0.25, -0.2) is 13.8 Å². The third kappa shape index (κ3) is 6.17. The van der Waals surface area contributed by atoms with Crippen LogP contribution in [0.15, 0.2) is 65.7 Å². The maximum Gasteiger partial charge on any atom is 0.251 e. The Bertz CT molecular complexity index is 1940. The van der Waals surface area contributed by atoms with Crippen LogP contribution in [0.25, 0.3) is 11.3 Å². The van der Waals surface area contributed by atoms with Crippen LogP contribution in [0, 0.1) is 5.82 Å². The van der Waals surface area contributed by atoms with Crippen molar-refractivity contribution in [3.8, 4) is 28.5 Å². The fourth-order valence-corrected chi connectivity index (χ4v) is 5.95. The number of nitrogens with zero attached hydrogens (tertiary/aromatic N) is 2. The average molecular weight is 675 g/mol. The van der Waals surface area contributed by atoms with Crippen LogP contribution in [-0.4, -0.2) is 56.6 Å². The third-order valence-electron chi connectivity index (χ3n) is 8.67. The lowest BCUT2D eigenvalue weighted by atomic mass is 9.83. The van der Waals surface area contributed by atoms with Crippen molar-refractivity contribution in [3.63, 3.8) is 0 Å². The summed E-state index contributed by atoms with van der Waals surface area (Å²) in [7, 11) is 2.74. The van der Waals surface area contributed by atoms with E-state index in [1.54, 1.807) is 13.0 Å². The Morgan fingerprint density at radius 3 is 2.58 bits per heavy atom. The first-order chi connectivity index (χ1) is 23.0. The Hall–Kier alpha value is -5.03. The summed E-state index contributed by atoms with van der Waals surface area (Å²) in [4.78, 5) is 35.0. The van der Waals surface area contributed by atoms with Crippen LogP contribution >= 0.6 is 11.6 Å². The van der Waals surface area contributed by atoms with Gasteiger partial charge < -0.3 is 30.1 Å². The van der Waals surface area contributed by atoms with E-state index in [-0.39, 0.29) is 40.9 Å². The first-order valence-electron chi connectivity index (χ1n) is 15.2. The van der Waals surface area contributed by atoms with Crippen molar-refractivity contribution in [2.45, 2.75) is 36.9 Å². The zero-order valence-corrected chi connectivity index (χ0v) is 27.2. The molecule has 0 saturated heterocycles. The van der Waals surface area contributed by atoms with Crippen molar-refractivity contribution >= 4 is 35.7 Å². The number of rotatable bonds is 11. The number of hydrogen-bond donors (Lipinski definition) is 2. The van der Waals surface area contributed by atoms with Gasteiger partial charge in [0.05, 0.1) is 36.0 Å². The van der Waals surface area contributed by atoms with Crippen molar-refractivity contribution in [1.29, 1.82) is 0 Å². The number of nitrogens with one attached hydrogen (secondary N) is 1. The molecule has 248 valence electrons. The molecule has 2 aliphatic rings. The van der Waals surface area contributed by atoms with E-state index in [1.807, 2.05) is 30.3 Å². The third-order valence-corrected chi connectivity index (χ3v) is 9.05. The lowest BCUT2D eigenvalue weighted by molar-refractivity contribution is -0.112. The van der Waals surface area contributed by atoms with Crippen LogP contribution in [0.3, 0.4) is 0 Å². The summed E-state index contributed by atoms with van der Waals surface area (Å²) in [5.41, 5.74) is 8.60. The van der Waals surface area contributed by atoms with Gasteiger partial charge in [-0.2, -0.15) is 0 Å². The van der Waals surface area contributed by atoms with E-state index < -0.39 is 28.8 Å². The number of methoxy groups -OCH3 is 2. The molecule has 0 radical (unpaired) electrons. The molecule has 4 aromatic rings. The summed E-state index contributed by atoms with van der Waals surface area (Å²) in [5, 5.41) is 2.98. The highest BCUT2D eigenvalue weighted by Crippen LogP contribution is 2.48. The van der Waals surface area contributed by atoms with E-state index in [0.717, 1.165) is 11.8 Å². The topological polar surface area (TPSA) is 125 Å². The second-order valence-corrected chi connectivity index (χ2v) is 12.4. The zero-order valence-electron chi connectivity index (χ0n) is 26.5. The first-order valence-corrected chi connectivity index (χ1v) is 15.6. The fourth-order valence-electron chi connectivity index (χ4n) is 5.63. The number of pyridine rings is 1. The minimum atomic E-state index is -1.60. The summed E-state index contributed by atoms with van der Waals surface area (Å²) in [5.74, 6) is -2.76. The van der Waals surface area contributed by atoms with Crippen LogP contribution in [0.2, 0.25) is 5.02 Å². The van der Waals surface area contributed by atoms with Gasteiger partial charge in [0.2, 0.25) is 0 Å². The smallest absolute Gasteiger partial charge is 0.251 e. The van der Waals surface area contributed by atoms with E-state index in [1.165, 1.54) is 44.7 Å². The van der Waals surface area contributed by atoms with E-state index in [9.17, 15) is 18.4 Å². The molecule has 12 heteroatoms. The molecular formula is C36H33ClF2N4O5. The van der Waals surface area contributed by atoms with Gasteiger partial charge in [0.1, 0.15) is 30.1 Å². The normalized spacial score (nSPS) is 18.1. The quantitative estimate of drug-likeness (QED) is 0.0813. The largest absolute Gasteiger partial charge is 0.495 e. The van der Waals surface area contributed by atoms with E-state index in [0.29, 0.717) is 46.7 Å². The highest BCUT2D eigenvalue weighted by molar-refractivity contribution is 6.34. The van der Waals surface area contributed by atoms with Gasteiger partial charge in [-0.15, -0.1) is 0 Å². The summed E-state index contributed by atoms with van der Waals surface area (Å²) < 4.78 is 45.4. The maximum absolute atomic E-state index is 14.5. The number of ether oxygens (including phenoxy) is 3. The molecular weight excluding hydrogens is 642 g/mol. The number of carbonyl (C=O) groups is 2. The van der Waals surface area contributed by atoms with Crippen LogP contribution in [-0.2, 0) is 10.2 Å². The second kappa shape index (κ2) is 12.9. The second-order valence-electron chi connectivity index (χ2n) is 12.1. The van der Waals surface area contributed by atoms with Crippen LogP contribution in [0.4, 0.5) is 14.5 Å². The maximum atomic E-state index is 14.5. The lowest BCUT2D eigenvalue weighted by Crippen LogP contribution is -2.30. The van der Waals surface area contributed by atoms with Crippen LogP contribution in [0.1, 0.15) is 58.4 Å². The number of benzene rings is 3. The fraction of sp³-hybridized carbons (Fsp3) is 0.278. The summed E-state index contributed by atoms with van der Waals surface area (Å²) in [6.07, 6.45) is 2.81. The van der Waals surface area contributed by atoms with Gasteiger partial charge in [-0.05, 0) is 42.8 Å². The van der Waals surface area contributed by atoms with Gasteiger partial charge in [0.15, 0.2) is 17.4 Å². The molecule has 48 heavy (non-hydrogen) atoms. The Morgan fingerprint density at radius 2 is 1.92 bits per heavy atom. The van der Waals surface area contributed by atoms with E-state index in [2.05, 4.69) is 10.3 Å². The number of nitrogens with two attached hydrogens (primary N) is 1. The van der Waals surface area contributed by atoms with Gasteiger partial charge in [-0.1, -0.05) is 41.9 Å². The van der Waals surface area contributed by atoms with Crippen molar-refractivity contribution in [1.82, 2.24) is 10.3 Å². The SMILES string of the molecule is COc1cc(C(=O)NC[C@@H](c2ccccc2)c2cc3c(c(-c4ccc(F)c(OC)c4Cl)n2)OC[C@]3(C)C=O)cc(/C=N/C2(F)CC2)c1N. The lowest BCUT2D eigenvalue weighted by Gasteiger charge is -2.22. The number of amides is 1. The molecule has 3 N–H and O–H groups in total. The number of nitrogen functional groups attached to an aromatic ring is 1. The number of aliphatic imine (C=N–C) groups is 1. The predicted molar refractivity (Wildman–Crippen MR) is 179 cm³/mol. The Morgan fingerprint density at radius 1 is 1.17 bits per heavy atom. The van der Waals surface area contributed by atoms with Gasteiger partial charge in [0.25, 0.3) is 5.91 Å². The van der Waals surface area contributed by atoms with Gasteiger partial charge >= 0.3 is 0 Å². The molecule has 0 spiro atoms. The number of aromatic nitrogens is 1. The van der Waals surface area contributed by atoms with Gasteiger partial charge in [-0.3, -0.25) is 9.79 Å². The first kappa shape index (κ1) is 32.9. The number of fused-ring (bicyclic) bond motifs is 1. The molecule has 2 atom stereocenters. The molecule has 1 aliphatic carbocycles. The number of carbonyl (C=O) groups excluding carboxylic acids is 2. The van der Waals surface area contributed by atoms with E-state index in [4.69, 9.17) is 36.5 Å². The molecule has 1 saturated carbocycles.